The van der Waals surface area contributed by atoms with E-state index in [2.05, 4.69) is 32.1 Å². The minimum absolute atomic E-state index is 0.00208. The van der Waals surface area contributed by atoms with Crippen molar-refractivity contribution in [2.45, 2.75) is 24.7 Å². The Bertz CT molecular complexity index is 1100. The molecular formula is C21H17F3N4O2. The van der Waals surface area contributed by atoms with Crippen LogP contribution in [0.5, 0.6) is 0 Å². The van der Waals surface area contributed by atoms with E-state index in [0.29, 0.717) is 24.2 Å². The number of rotatable bonds is 3. The van der Waals surface area contributed by atoms with Crippen molar-refractivity contribution in [2.75, 3.05) is 13.1 Å². The van der Waals surface area contributed by atoms with Gasteiger partial charge in [-0.2, -0.15) is 18.2 Å². The average molecular weight is 414 g/mol. The van der Waals surface area contributed by atoms with Crippen LogP contribution in [0.15, 0.2) is 53.1 Å². The Morgan fingerprint density at radius 3 is 2.63 bits per heavy atom. The Kier molecular flexibility index (Phi) is 4.35. The van der Waals surface area contributed by atoms with Crippen LogP contribution < -0.4 is 5.32 Å². The van der Waals surface area contributed by atoms with E-state index in [-0.39, 0.29) is 23.7 Å². The molecule has 2 aliphatic heterocycles. The van der Waals surface area contributed by atoms with Gasteiger partial charge in [-0.1, -0.05) is 47.6 Å². The fraction of sp³-hybridized carbons (Fsp3) is 0.286. The maximum absolute atomic E-state index is 13.2. The van der Waals surface area contributed by atoms with Gasteiger partial charge in [-0.25, -0.2) is 0 Å². The van der Waals surface area contributed by atoms with E-state index in [1.165, 1.54) is 5.56 Å². The van der Waals surface area contributed by atoms with Crippen LogP contribution in [-0.4, -0.2) is 40.1 Å². The number of aromatic nitrogens is 2. The standard InChI is InChI=1S/C21H17F3N4O2/c22-21(23,24)20-26-18(27-30-20)13-6-7-14-11-28(19(29)15(14)8-13)17-10-25-9-16(17)12-4-2-1-3-5-12/h1-8,16-17,25H,9-11H2/t16-,17+/m0/s1. The first kappa shape index (κ1) is 18.8. The number of alkyl halides is 3. The zero-order valence-corrected chi connectivity index (χ0v) is 15.7. The van der Waals surface area contributed by atoms with Gasteiger partial charge in [-0.05, 0) is 17.2 Å². The van der Waals surface area contributed by atoms with E-state index in [1.54, 1.807) is 18.2 Å². The number of hydrogen-bond donors (Lipinski definition) is 1. The van der Waals surface area contributed by atoms with Crippen molar-refractivity contribution < 1.29 is 22.5 Å². The Hall–Kier alpha value is -3.20. The summed E-state index contributed by atoms with van der Waals surface area (Å²) >= 11 is 0. The number of nitrogens with zero attached hydrogens (tertiary/aromatic N) is 3. The van der Waals surface area contributed by atoms with Gasteiger partial charge < -0.3 is 14.7 Å². The van der Waals surface area contributed by atoms with Crippen molar-refractivity contribution in [3.05, 3.63) is 71.1 Å². The number of hydrogen-bond acceptors (Lipinski definition) is 5. The molecule has 0 saturated carbocycles. The lowest BCUT2D eigenvalue weighted by Crippen LogP contribution is -2.40. The number of nitrogens with one attached hydrogen (secondary N) is 1. The molecule has 0 unspecified atom stereocenters. The highest BCUT2D eigenvalue weighted by Crippen LogP contribution is 2.35. The molecule has 0 bridgehead atoms. The van der Waals surface area contributed by atoms with E-state index in [9.17, 15) is 18.0 Å². The van der Waals surface area contributed by atoms with Gasteiger partial charge in [0.25, 0.3) is 5.91 Å². The molecule has 9 heteroatoms. The molecular weight excluding hydrogens is 397 g/mol. The van der Waals surface area contributed by atoms with Crippen LogP contribution >= 0.6 is 0 Å². The molecule has 154 valence electrons. The van der Waals surface area contributed by atoms with Crippen LogP contribution in [0.1, 0.15) is 33.3 Å². The smallest absolute Gasteiger partial charge is 0.329 e. The van der Waals surface area contributed by atoms with Gasteiger partial charge in [0.1, 0.15) is 0 Å². The summed E-state index contributed by atoms with van der Waals surface area (Å²) in [5.41, 5.74) is 2.78. The molecule has 0 radical (unpaired) electrons. The number of fused-ring (bicyclic) bond motifs is 1. The average Bonchev–Trinajstić information content (AvgIpc) is 3.47. The molecule has 1 amide bonds. The van der Waals surface area contributed by atoms with Crippen LogP contribution in [0.2, 0.25) is 0 Å². The highest BCUT2D eigenvalue weighted by Gasteiger charge is 2.41. The molecule has 5 rings (SSSR count). The predicted octanol–water partition coefficient (Wildman–Crippen LogP) is 3.47. The Balaban J connectivity index is 1.42. The lowest BCUT2D eigenvalue weighted by molar-refractivity contribution is -0.159. The van der Waals surface area contributed by atoms with Crippen molar-refractivity contribution in [3.8, 4) is 11.4 Å². The monoisotopic (exact) mass is 414 g/mol. The molecule has 2 atom stereocenters. The number of benzene rings is 2. The van der Waals surface area contributed by atoms with Crippen molar-refractivity contribution in [3.63, 3.8) is 0 Å². The first-order chi connectivity index (χ1) is 14.4. The van der Waals surface area contributed by atoms with E-state index < -0.39 is 12.1 Å². The summed E-state index contributed by atoms with van der Waals surface area (Å²) in [5.74, 6) is -1.56. The fourth-order valence-corrected chi connectivity index (χ4v) is 4.22. The lowest BCUT2D eigenvalue weighted by atomic mass is 9.93. The SMILES string of the molecule is O=C1c2cc(-c3noc(C(F)(F)F)n3)ccc2CN1[C@@H]1CNC[C@H]1c1ccccc1. The fourth-order valence-electron chi connectivity index (χ4n) is 4.22. The van der Waals surface area contributed by atoms with Gasteiger partial charge in [-0.3, -0.25) is 4.79 Å². The second kappa shape index (κ2) is 6.94. The summed E-state index contributed by atoms with van der Waals surface area (Å²) in [6, 6.07) is 14.9. The highest BCUT2D eigenvalue weighted by atomic mass is 19.4. The molecule has 6 nitrogen and oxygen atoms in total. The molecule has 1 saturated heterocycles. The zero-order valence-electron chi connectivity index (χ0n) is 15.7. The van der Waals surface area contributed by atoms with Gasteiger partial charge in [0.2, 0.25) is 5.82 Å². The summed E-state index contributed by atoms with van der Waals surface area (Å²) in [6.45, 7) is 1.93. The van der Waals surface area contributed by atoms with E-state index in [0.717, 1.165) is 12.1 Å². The number of carbonyl (C=O) groups is 1. The van der Waals surface area contributed by atoms with Crippen LogP contribution in [0.3, 0.4) is 0 Å². The number of carbonyl (C=O) groups excluding carboxylic acids is 1. The molecule has 2 aliphatic rings. The van der Waals surface area contributed by atoms with Crippen molar-refractivity contribution in [1.29, 1.82) is 0 Å². The summed E-state index contributed by atoms with van der Waals surface area (Å²) in [5, 5.41) is 6.78. The third kappa shape index (κ3) is 3.15. The molecule has 3 heterocycles. The summed E-state index contributed by atoms with van der Waals surface area (Å²) in [6.07, 6.45) is -4.71. The predicted molar refractivity (Wildman–Crippen MR) is 100 cm³/mol. The van der Waals surface area contributed by atoms with Crippen molar-refractivity contribution in [1.82, 2.24) is 20.4 Å². The molecule has 3 aromatic rings. The van der Waals surface area contributed by atoms with Gasteiger partial charge in [-0.15, -0.1) is 0 Å². The zero-order chi connectivity index (χ0) is 20.9. The maximum atomic E-state index is 13.2. The van der Waals surface area contributed by atoms with Crippen molar-refractivity contribution in [2.24, 2.45) is 0 Å². The first-order valence-corrected chi connectivity index (χ1v) is 9.52. The summed E-state index contributed by atoms with van der Waals surface area (Å²) in [4.78, 5) is 18.4. The normalized spacial score (nSPS) is 21.3. The quantitative estimate of drug-likeness (QED) is 0.711. The maximum Gasteiger partial charge on any atom is 0.471 e. The number of halogens is 3. The van der Waals surface area contributed by atoms with Crippen molar-refractivity contribution >= 4 is 5.91 Å². The molecule has 0 aliphatic carbocycles. The molecule has 1 N–H and O–H groups in total. The minimum Gasteiger partial charge on any atom is -0.329 e. The highest BCUT2D eigenvalue weighted by molar-refractivity contribution is 5.99. The molecule has 1 aromatic heterocycles. The topological polar surface area (TPSA) is 71.3 Å². The molecule has 0 spiro atoms. The van der Waals surface area contributed by atoms with Gasteiger partial charge >= 0.3 is 12.1 Å². The molecule has 1 fully saturated rings. The second-order valence-electron chi connectivity index (χ2n) is 7.47. The third-order valence-corrected chi connectivity index (χ3v) is 5.68. The van der Waals surface area contributed by atoms with Crippen LogP contribution in [-0.2, 0) is 12.7 Å². The van der Waals surface area contributed by atoms with Crippen LogP contribution in [0, 0.1) is 0 Å². The summed E-state index contributed by atoms with van der Waals surface area (Å²) in [7, 11) is 0. The largest absolute Gasteiger partial charge is 0.471 e. The first-order valence-electron chi connectivity index (χ1n) is 9.52. The third-order valence-electron chi connectivity index (χ3n) is 5.68. The van der Waals surface area contributed by atoms with Gasteiger partial charge in [0, 0.05) is 36.7 Å². The van der Waals surface area contributed by atoms with E-state index >= 15 is 0 Å². The Morgan fingerprint density at radius 2 is 1.90 bits per heavy atom. The lowest BCUT2D eigenvalue weighted by Gasteiger charge is -2.29. The van der Waals surface area contributed by atoms with Gasteiger partial charge in [0.05, 0.1) is 6.04 Å². The van der Waals surface area contributed by atoms with Gasteiger partial charge in [0.15, 0.2) is 0 Å². The molecule has 2 aromatic carbocycles. The number of amides is 1. The van der Waals surface area contributed by atoms with Crippen LogP contribution in [0.25, 0.3) is 11.4 Å². The van der Waals surface area contributed by atoms with E-state index in [1.807, 2.05) is 23.1 Å². The summed E-state index contributed by atoms with van der Waals surface area (Å²) < 4.78 is 42.5. The minimum atomic E-state index is -4.71. The van der Waals surface area contributed by atoms with Crippen LogP contribution in [0.4, 0.5) is 13.2 Å². The Morgan fingerprint density at radius 1 is 1.10 bits per heavy atom. The Labute approximate surface area is 169 Å². The second-order valence-corrected chi connectivity index (χ2v) is 7.47. The molecule has 30 heavy (non-hydrogen) atoms. The van der Waals surface area contributed by atoms with E-state index in [4.69, 9.17) is 0 Å².